The molecule has 0 amide bonds. The molecule has 0 aromatic heterocycles. The van der Waals surface area contributed by atoms with Crippen molar-refractivity contribution in [2.24, 2.45) is 0 Å². The smallest absolute Gasteiger partial charge is 0.161 e. The van der Waals surface area contributed by atoms with E-state index in [1.165, 1.54) is 0 Å². The lowest BCUT2D eigenvalue weighted by Crippen LogP contribution is -2.50. The summed E-state index contributed by atoms with van der Waals surface area (Å²) in [6, 6.07) is 8.44. The van der Waals surface area contributed by atoms with Crippen LogP contribution in [0.5, 0.6) is 0 Å². The molecule has 4 nitrogen and oxygen atoms in total. The number of halogens is 4. The fourth-order valence-electron chi connectivity index (χ4n) is 3.34. The summed E-state index contributed by atoms with van der Waals surface area (Å²) < 4.78 is 41.4. The van der Waals surface area contributed by atoms with Gasteiger partial charge in [0, 0.05) is 42.5 Å². The molecule has 1 heterocycles. The first-order valence-corrected chi connectivity index (χ1v) is 9.67. The predicted octanol–water partition coefficient (Wildman–Crippen LogP) is 5.05. The van der Waals surface area contributed by atoms with E-state index in [4.69, 9.17) is 21.7 Å². The summed E-state index contributed by atoms with van der Waals surface area (Å²) in [5, 5.41) is 11.2. The summed E-state index contributed by atoms with van der Waals surface area (Å²) in [5.74, 6) is -3.15. The normalized spacial score (nSPS) is 17.4. The molecule has 2 aromatic rings. The van der Waals surface area contributed by atoms with Crippen molar-refractivity contribution in [2.45, 2.75) is 38.9 Å². The third-order valence-electron chi connectivity index (χ3n) is 4.95. The van der Waals surface area contributed by atoms with Crippen LogP contribution in [0, 0.1) is 28.8 Å². The Morgan fingerprint density at radius 3 is 2.59 bits per heavy atom. The van der Waals surface area contributed by atoms with Crippen LogP contribution in [0.1, 0.15) is 31.4 Å². The van der Waals surface area contributed by atoms with Crippen molar-refractivity contribution >= 4 is 17.3 Å². The quantitative estimate of drug-likeness (QED) is 0.631. The van der Waals surface area contributed by atoms with Gasteiger partial charge in [0.15, 0.2) is 11.6 Å². The highest BCUT2D eigenvalue weighted by atomic mass is 35.5. The SMILES string of the molecule is CC(C)N1C[C@@H](N(Cc2cc(F)c(F)cc2F)c2ccc(C#N)c(Cl)c2)CCO1. The summed E-state index contributed by atoms with van der Waals surface area (Å²) in [6.45, 7) is 5.03. The number of nitrogens with zero attached hydrogens (tertiary/aromatic N) is 3. The third-order valence-corrected chi connectivity index (χ3v) is 5.26. The van der Waals surface area contributed by atoms with Gasteiger partial charge in [0.05, 0.1) is 17.2 Å². The van der Waals surface area contributed by atoms with Crippen molar-refractivity contribution in [3.8, 4) is 6.07 Å². The number of nitriles is 1. The second-order valence-corrected chi connectivity index (χ2v) is 7.64. The minimum absolute atomic E-state index is 0.0157. The molecule has 0 radical (unpaired) electrons. The fraction of sp³-hybridized carbons (Fsp3) is 0.381. The van der Waals surface area contributed by atoms with Crippen LogP contribution in [0.15, 0.2) is 30.3 Å². The van der Waals surface area contributed by atoms with E-state index in [0.717, 1.165) is 6.07 Å². The molecule has 0 unspecified atom stereocenters. The van der Waals surface area contributed by atoms with E-state index in [2.05, 4.69) is 0 Å². The van der Waals surface area contributed by atoms with Gasteiger partial charge in [0.2, 0.25) is 0 Å². The predicted molar refractivity (Wildman–Crippen MR) is 105 cm³/mol. The number of rotatable bonds is 5. The van der Waals surface area contributed by atoms with E-state index >= 15 is 0 Å². The maximum Gasteiger partial charge on any atom is 0.161 e. The molecule has 0 N–H and O–H groups in total. The Morgan fingerprint density at radius 1 is 1.21 bits per heavy atom. The zero-order chi connectivity index (χ0) is 21.1. The first-order chi connectivity index (χ1) is 13.8. The molecule has 0 spiro atoms. The summed E-state index contributed by atoms with van der Waals surface area (Å²) in [5.41, 5.74) is 1.02. The van der Waals surface area contributed by atoms with Gasteiger partial charge in [-0.15, -0.1) is 0 Å². The van der Waals surface area contributed by atoms with Gasteiger partial charge in [-0.2, -0.15) is 10.3 Å². The molecule has 2 aromatic carbocycles. The van der Waals surface area contributed by atoms with Crippen LogP contribution < -0.4 is 4.90 Å². The highest BCUT2D eigenvalue weighted by molar-refractivity contribution is 6.32. The molecular formula is C21H21ClF3N3O. The number of hydrogen-bond donors (Lipinski definition) is 0. The average molecular weight is 424 g/mol. The lowest BCUT2D eigenvalue weighted by molar-refractivity contribution is -0.203. The highest BCUT2D eigenvalue weighted by Gasteiger charge is 2.29. The zero-order valence-corrected chi connectivity index (χ0v) is 16.9. The lowest BCUT2D eigenvalue weighted by Gasteiger charge is -2.41. The van der Waals surface area contributed by atoms with Crippen LogP contribution in [0.2, 0.25) is 5.02 Å². The van der Waals surface area contributed by atoms with Gasteiger partial charge in [-0.1, -0.05) is 11.6 Å². The molecule has 0 saturated carbocycles. The van der Waals surface area contributed by atoms with Crippen LogP contribution >= 0.6 is 11.6 Å². The summed E-state index contributed by atoms with van der Waals surface area (Å²) in [7, 11) is 0. The maximum atomic E-state index is 14.3. The number of hydroxylamine groups is 2. The first kappa shape index (κ1) is 21.4. The maximum absolute atomic E-state index is 14.3. The van der Waals surface area contributed by atoms with Crippen molar-refractivity contribution in [2.75, 3.05) is 18.1 Å². The molecule has 1 fully saturated rings. The topological polar surface area (TPSA) is 39.5 Å². The largest absolute Gasteiger partial charge is 0.363 e. The molecule has 1 aliphatic heterocycles. The third kappa shape index (κ3) is 4.84. The highest BCUT2D eigenvalue weighted by Crippen LogP contribution is 2.30. The molecule has 1 saturated heterocycles. The van der Waals surface area contributed by atoms with Crippen LogP contribution in [0.4, 0.5) is 18.9 Å². The van der Waals surface area contributed by atoms with Gasteiger partial charge >= 0.3 is 0 Å². The number of hydrogen-bond acceptors (Lipinski definition) is 4. The summed E-state index contributed by atoms with van der Waals surface area (Å²) in [4.78, 5) is 7.57. The fourth-order valence-corrected chi connectivity index (χ4v) is 3.56. The summed E-state index contributed by atoms with van der Waals surface area (Å²) >= 11 is 6.20. The second-order valence-electron chi connectivity index (χ2n) is 7.23. The van der Waals surface area contributed by atoms with E-state index < -0.39 is 17.5 Å². The first-order valence-electron chi connectivity index (χ1n) is 9.29. The molecule has 3 rings (SSSR count). The Hall–Kier alpha value is -2.27. The van der Waals surface area contributed by atoms with Crippen molar-refractivity contribution < 1.29 is 18.0 Å². The molecule has 154 valence electrons. The lowest BCUT2D eigenvalue weighted by atomic mass is 10.1. The Labute approximate surface area is 173 Å². The molecule has 1 atom stereocenters. The van der Waals surface area contributed by atoms with Crippen LogP contribution in [0.25, 0.3) is 0 Å². The number of benzene rings is 2. The molecule has 0 aliphatic carbocycles. The minimum atomic E-state index is -1.23. The van der Waals surface area contributed by atoms with Crippen molar-refractivity contribution in [1.82, 2.24) is 5.06 Å². The van der Waals surface area contributed by atoms with E-state index in [9.17, 15) is 13.2 Å². The standard InChI is InChI=1S/C21H21ClF3N3O/c1-13(2)28-12-17(5-6-29-28)27(16-4-3-14(10-26)18(22)8-16)11-15-7-20(24)21(25)9-19(15)23/h3-4,7-9,13,17H,5-6,11-12H2,1-2H3/t17-/m0/s1. The number of anilines is 1. The van der Waals surface area contributed by atoms with Gasteiger partial charge in [0.1, 0.15) is 11.9 Å². The summed E-state index contributed by atoms with van der Waals surface area (Å²) in [6.07, 6.45) is 0.659. The minimum Gasteiger partial charge on any atom is -0.363 e. The Balaban J connectivity index is 1.99. The van der Waals surface area contributed by atoms with Gasteiger partial charge in [0.25, 0.3) is 0 Å². The van der Waals surface area contributed by atoms with E-state index in [0.29, 0.717) is 36.9 Å². The Bertz CT molecular complexity index is 932. The van der Waals surface area contributed by atoms with Gasteiger partial charge < -0.3 is 4.90 Å². The Morgan fingerprint density at radius 2 is 1.93 bits per heavy atom. The van der Waals surface area contributed by atoms with Gasteiger partial charge in [-0.25, -0.2) is 13.2 Å². The second kappa shape index (κ2) is 9.04. The van der Waals surface area contributed by atoms with E-state index in [-0.39, 0.29) is 29.2 Å². The molecule has 29 heavy (non-hydrogen) atoms. The van der Waals surface area contributed by atoms with Crippen molar-refractivity contribution in [3.63, 3.8) is 0 Å². The van der Waals surface area contributed by atoms with E-state index in [1.54, 1.807) is 18.2 Å². The van der Waals surface area contributed by atoms with Crippen LogP contribution in [0.3, 0.4) is 0 Å². The van der Waals surface area contributed by atoms with Crippen LogP contribution in [-0.4, -0.2) is 30.3 Å². The molecule has 8 heteroatoms. The van der Waals surface area contributed by atoms with Crippen molar-refractivity contribution in [1.29, 1.82) is 5.26 Å². The molecule has 0 bridgehead atoms. The zero-order valence-electron chi connectivity index (χ0n) is 16.1. The average Bonchev–Trinajstić information content (AvgIpc) is 2.69. The molecular weight excluding hydrogens is 403 g/mol. The molecule has 1 aliphatic rings. The monoisotopic (exact) mass is 423 g/mol. The Kier molecular flexibility index (Phi) is 6.68. The van der Waals surface area contributed by atoms with Crippen molar-refractivity contribution in [3.05, 3.63) is 63.9 Å². The van der Waals surface area contributed by atoms with Gasteiger partial charge in [-0.05, 0) is 44.5 Å². The van der Waals surface area contributed by atoms with Gasteiger partial charge in [-0.3, -0.25) is 4.84 Å². The van der Waals surface area contributed by atoms with Crippen LogP contribution in [-0.2, 0) is 11.4 Å². The van der Waals surface area contributed by atoms with E-state index in [1.807, 2.05) is 29.9 Å².